The highest BCUT2D eigenvalue weighted by Gasteiger charge is 2.05. The number of rotatable bonds is 2. The van der Waals surface area contributed by atoms with Crippen LogP contribution in [0.25, 0.3) is 0 Å². The lowest BCUT2D eigenvalue weighted by molar-refractivity contribution is 0.626. The summed E-state index contributed by atoms with van der Waals surface area (Å²) in [6.45, 7) is 6.77. The normalized spacial score (nSPS) is 17.9. The third-order valence-electron chi connectivity index (χ3n) is 1.58. The third kappa shape index (κ3) is 2.19. The summed E-state index contributed by atoms with van der Waals surface area (Å²) in [5.41, 5.74) is 1.59. The Morgan fingerprint density at radius 2 is 2.22 bits per heavy atom. The van der Waals surface area contributed by atoms with Crippen molar-refractivity contribution < 1.29 is 0 Å². The Bertz CT molecular complexity index is 108. The molecule has 0 saturated carbocycles. The van der Waals surface area contributed by atoms with Gasteiger partial charge in [-0.15, -0.1) is 0 Å². The molecule has 1 heterocycles. The minimum atomic E-state index is 0.818. The maximum Gasteiger partial charge on any atom is 0.0180 e. The summed E-state index contributed by atoms with van der Waals surface area (Å²) in [4.78, 5) is 0. The van der Waals surface area contributed by atoms with Crippen molar-refractivity contribution in [3.8, 4) is 0 Å². The van der Waals surface area contributed by atoms with Crippen molar-refractivity contribution in [2.75, 3.05) is 13.1 Å². The van der Waals surface area contributed by atoms with Gasteiger partial charge in [-0.25, -0.2) is 0 Å². The molecule has 9 heavy (non-hydrogen) atoms. The molecule has 0 radical (unpaired) electrons. The number of allylic oxidation sites excluding steroid dienone is 1. The fourth-order valence-corrected chi connectivity index (χ4v) is 0.816. The largest absolute Gasteiger partial charge is 0.309 e. The molecule has 1 N–H and O–H groups in total. The Balaban J connectivity index is 2.15. The lowest BCUT2D eigenvalue weighted by Crippen LogP contribution is -2.33. The first-order valence-corrected chi connectivity index (χ1v) is 3.67. The highest BCUT2D eigenvalue weighted by Crippen LogP contribution is 2.06. The number of hydrogen-bond acceptors (Lipinski definition) is 1. The van der Waals surface area contributed by atoms with Crippen molar-refractivity contribution >= 4 is 0 Å². The van der Waals surface area contributed by atoms with E-state index in [2.05, 4.69) is 25.2 Å². The van der Waals surface area contributed by atoms with Gasteiger partial charge in [-0.05, 0) is 17.9 Å². The second-order valence-electron chi connectivity index (χ2n) is 3.10. The van der Waals surface area contributed by atoms with E-state index < -0.39 is 0 Å². The smallest absolute Gasteiger partial charge is 0.0180 e. The number of hydrogen-bond donors (Lipinski definition) is 1. The zero-order valence-electron chi connectivity index (χ0n) is 6.28. The van der Waals surface area contributed by atoms with E-state index in [4.69, 9.17) is 0 Å². The van der Waals surface area contributed by atoms with Crippen LogP contribution in [0.1, 0.15) is 20.3 Å². The Labute approximate surface area is 57.1 Å². The molecule has 0 aliphatic carbocycles. The van der Waals surface area contributed by atoms with E-state index >= 15 is 0 Å². The molecule has 1 aliphatic rings. The third-order valence-corrected chi connectivity index (χ3v) is 1.58. The van der Waals surface area contributed by atoms with Gasteiger partial charge < -0.3 is 5.32 Å². The monoisotopic (exact) mass is 125 g/mol. The Kier molecular flexibility index (Phi) is 2.29. The minimum Gasteiger partial charge on any atom is -0.309 e. The van der Waals surface area contributed by atoms with E-state index in [-0.39, 0.29) is 0 Å². The SMILES string of the molecule is CC(C)CC=C1CNC1. The quantitative estimate of drug-likeness (QED) is 0.552. The Morgan fingerprint density at radius 1 is 1.56 bits per heavy atom. The second kappa shape index (κ2) is 3.02. The van der Waals surface area contributed by atoms with Crippen LogP contribution in [0.15, 0.2) is 11.6 Å². The molecule has 1 saturated heterocycles. The molecule has 0 unspecified atom stereocenters. The van der Waals surface area contributed by atoms with Gasteiger partial charge in [0.15, 0.2) is 0 Å². The predicted octanol–water partition coefficient (Wildman–Crippen LogP) is 1.56. The highest BCUT2D eigenvalue weighted by molar-refractivity contribution is 5.13. The fourth-order valence-electron chi connectivity index (χ4n) is 0.816. The van der Waals surface area contributed by atoms with Gasteiger partial charge in [0.2, 0.25) is 0 Å². The molecule has 1 aliphatic heterocycles. The summed E-state index contributed by atoms with van der Waals surface area (Å²) in [7, 11) is 0. The maximum absolute atomic E-state index is 3.22. The topological polar surface area (TPSA) is 12.0 Å². The van der Waals surface area contributed by atoms with E-state index in [1.54, 1.807) is 5.57 Å². The van der Waals surface area contributed by atoms with Crippen LogP contribution < -0.4 is 5.32 Å². The van der Waals surface area contributed by atoms with E-state index in [1.165, 1.54) is 6.42 Å². The summed E-state index contributed by atoms with van der Waals surface area (Å²) in [6, 6.07) is 0. The maximum atomic E-state index is 3.22. The highest BCUT2D eigenvalue weighted by atomic mass is 14.9. The summed E-state index contributed by atoms with van der Waals surface area (Å²) < 4.78 is 0. The van der Waals surface area contributed by atoms with Gasteiger partial charge in [-0.1, -0.05) is 19.9 Å². The lowest BCUT2D eigenvalue weighted by atomic mass is 10.1. The summed E-state index contributed by atoms with van der Waals surface area (Å²) >= 11 is 0. The molecule has 0 aromatic heterocycles. The first kappa shape index (κ1) is 6.81. The summed E-state index contributed by atoms with van der Waals surface area (Å²) in [5.74, 6) is 0.818. The van der Waals surface area contributed by atoms with Crippen molar-refractivity contribution in [3.63, 3.8) is 0 Å². The van der Waals surface area contributed by atoms with Crippen molar-refractivity contribution in [2.24, 2.45) is 5.92 Å². The van der Waals surface area contributed by atoms with Crippen LogP contribution in [0.4, 0.5) is 0 Å². The minimum absolute atomic E-state index is 0.818. The van der Waals surface area contributed by atoms with Gasteiger partial charge in [-0.3, -0.25) is 0 Å². The predicted molar refractivity (Wildman–Crippen MR) is 40.4 cm³/mol. The standard InChI is InChI=1S/C8H15N/c1-7(2)3-4-8-5-9-6-8/h4,7,9H,3,5-6H2,1-2H3. The van der Waals surface area contributed by atoms with E-state index in [0.717, 1.165) is 19.0 Å². The van der Waals surface area contributed by atoms with E-state index in [9.17, 15) is 0 Å². The lowest BCUT2D eigenvalue weighted by Gasteiger charge is -2.18. The molecular formula is C8H15N. The molecule has 0 amide bonds. The first-order chi connectivity index (χ1) is 4.29. The zero-order valence-corrected chi connectivity index (χ0v) is 6.28. The van der Waals surface area contributed by atoms with Gasteiger partial charge in [0, 0.05) is 13.1 Å². The van der Waals surface area contributed by atoms with Crippen LogP contribution in [0.2, 0.25) is 0 Å². The van der Waals surface area contributed by atoms with Gasteiger partial charge in [0.1, 0.15) is 0 Å². The van der Waals surface area contributed by atoms with Crippen molar-refractivity contribution in [1.82, 2.24) is 5.32 Å². The van der Waals surface area contributed by atoms with Crippen molar-refractivity contribution in [2.45, 2.75) is 20.3 Å². The summed E-state index contributed by atoms with van der Waals surface area (Å²) in [5, 5.41) is 3.22. The summed E-state index contributed by atoms with van der Waals surface area (Å²) in [6.07, 6.45) is 3.61. The molecule has 0 aromatic carbocycles. The van der Waals surface area contributed by atoms with Gasteiger partial charge in [0.25, 0.3) is 0 Å². The molecule has 1 rings (SSSR count). The Hall–Kier alpha value is -0.300. The molecule has 0 aromatic rings. The van der Waals surface area contributed by atoms with Crippen LogP contribution in [0, 0.1) is 5.92 Å². The molecule has 0 spiro atoms. The van der Waals surface area contributed by atoms with Crippen LogP contribution in [0.5, 0.6) is 0 Å². The molecule has 1 fully saturated rings. The fraction of sp³-hybridized carbons (Fsp3) is 0.750. The van der Waals surface area contributed by atoms with Crippen LogP contribution >= 0.6 is 0 Å². The molecule has 0 atom stereocenters. The molecule has 0 bridgehead atoms. The average molecular weight is 125 g/mol. The van der Waals surface area contributed by atoms with E-state index in [1.807, 2.05) is 0 Å². The molecule has 52 valence electrons. The Morgan fingerprint density at radius 3 is 2.56 bits per heavy atom. The van der Waals surface area contributed by atoms with Crippen molar-refractivity contribution in [1.29, 1.82) is 0 Å². The van der Waals surface area contributed by atoms with Gasteiger partial charge >= 0.3 is 0 Å². The van der Waals surface area contributed by atoms with Crippen LogP contribution in [-0.4, -0.2) is 13.1 Å². The molecule has 1 heteroatoms. The van der Waals surface area contributed by atoms with Gasteiger partial charge in [0.05, 0.1) is 0 Å². The van der Waals surface area contributed by atoms with Crippen molar-refractivity contribution in [3.05, 3.63) is 11.6 Å². The number of nitrogens with one attached hydrogen (secondary N) is 1. The van der Waals surface area contributed by atoms with Crippen LogP contribution in [-0.2, 0) is 0 Å². The van der Waals surface area contributed by atoms with E-state index in [0.29, 0.717) is 0 Å². The molecular weight excluding hydrogens is 110 g/mol. The molecule has 1 nitrogen and oxygen atoms in total. The average Bonchev–Trinajstić information content (AvgIpc) is 1.60. The second-order valence-corrected chi connectivity index (χ2v) is 3.10. The first-order valence-electron chi connectivity index (χ1n) is 3.67. The zero-order chi connectivity index (χ0) is 6.69. The van der Waals surface area contributed by atoms with Gasteiger partial charge in [-0.2, -0.15) is 0 Å². The van der Waals surface area contributed by atoms with Crippen LogP contribution in [0.3, 0.4) is 0 Å².